The van der Waals surface area contributed by atoms with Gasteiger partial charge in [0.2, 0.25) is 0 Å². The van der Waals surface area contributed by atoms with E-state index in [1.54, 1.807) is 0 Å². The molecule has 0 radical (unpaired) electrons. The molecule has 2 rings (SSSR count). The molecule has 0 amide bonds. The Kier molecular flexibility index (Phi) is 4.54. The molecule has 0 aliphatic rings. The zero-order valence-corrected chi connectivity index (χ0v) is 13.6. The molecule has 2 aromatic carbocycles. The normalized spacial score (nSPS) is 12.3. The lowest BCUT2D eigenvalue weighted by atomic mass is 10.0. The minimum absolute atomic E-state index is 0.240. The highest BCUT2D eigenvalue weighted by molar-refractivity contribution is 9.10. The summed E-state index contributed by atoms with van der Waals surface area (Å²) in [5.74, 6) is 0. The molecule has 0 aromatic heterocycles. The van der Waals surface area contributed by atoms with Gasteiger partial charge in [0.25, 0.3) is 0 Å². The molecular weight excluding hydrogens is 322 g/mol. The Morgan fingerprint density at radius 2 is 1.74 bits per heavy atom. The lowest BCUT2D eigenvalue weighted by molar-refractivity contribution is 0.880. The molecule has 0 heterocycles. The predicted molar refractivity (Wildman–Crippen MR) is 87.1 cm³/mol. The van der Waals surface area contributed by atoms with Gasteiger partial charge in [-0.1, -0.05) is 45.7 Å². The van der Waals surface area contributed by atoms with Crippen molar-refractivity contribution in [1.82, 2.24) is 0 Å². The maximum absolute atomic E-state index is 6.21. The van der Waals surface area contributed by atoms with E-state index >= 15 is 0 Å². The Balaban J connectivity index is 2.23. The van der Waals surface area contributed by atoms with E-state index in [1.165, 1.54) is 5.56 Å². The fourth-order valence-electron chi connectivity index (χ4n) is 2.14. The van der Waals surface area contributed by atoms with Crippen molar-refractivity contribution in [2.75, 3.05) is 5.32 Å². The van der Waals surface area contributed by atoms with Crippen LogP contribution in [-0.2, 0) is 0 Å². The fourth-order valence-corrected chi connectivity index (χ4v) is 2.65. The van der Waals surface area contributed by atoms with Gasteiger partial charge in [-0.25, -0.2) is 0 Å². The van der Waals surface area contributed by atoms with Crippen LogP contribution in [0.15, 0.2) is 40.9 Å². The second kappa shape index (κ2) is 5.98. The summed E-state index contributed by atoms with van der Waals surface area (Å²) in [4.78, 5) is 0. The first kappa shape index (κ1) is 14.4. The molecule has 0 aliphatic heterocycles. The molecule has 1 atom stereocenters. The lowest BCUT2D eigenvalue weighted by Crippen LogP contribution is -2.07. The van der Waals surface area contributed by atoms with E-state index in [2.05, 4.69) is 52.4 Å². The molecule has 0 unspecified atom stereocenters. The summed E-state index contributed by atoms with van der Waals surface area (Å²) in [5.41, 5.74) is 4.60. The molecule has 0 bridgehead atoms. The van der Waals surface area contributed by atoms with Gasteiger partial charge in [-0.05, 0) is 55.7 Å². The topological polar surface area (TPSA) is 12.0 Å². The number of nitrogens with one attached hydrogen (secondary N) is 1. The van der Waals surface area contributed by atoms with Crippen LogP contribution in [0.4, 0.5) is 5.69 Å². The van der Waals surface area contributed by atoms with Gasteiger partial charge in [0.15, 0.2) is 0 Å². The van der Waals surface area contributed by atoms with Crippen LogP contribution in [0.1, 0.15) is 29.7 Å². The Morgan fingerprint density at radius 3 is 2.32 bits per heavy atom. The van der Waals surface area contributed by atoms with Crippen molar-refractivity contribution in [2.45, 2.75) is 26.8 Å². The number of halogens is 2. The highest BCUT2D eigenvalue weighted by atomic mass is 79.9. The molecule has 0 saturated carbocycles. The van der Waals surface area contributed by atoms with Crippen molar-refractivity contribution in [3.8, 4) is 0 Å². The number of hydrogen-bond donors (Lipinski definition) is 1. The molecule has 1 N–H and O–H groups in total. The Bertz CT molecular complexity index is 572. The van der Waals surface area contributed by atoms with Crippen LogP contribution < -0.4 is 5.32 Å². The van der Waals surface area contributed by atoms with Crippen molar-refractivity contribution >= 4 is 33.2 Å². The van der Waals surface area contributed by atoms with Gasteiger partial charge >= 0.3 is 0 Å². The molecule has 1 nitrogen and oxygen atoms in total. The van der Waals surface area contributed by atoms with E-state index in [0.29, 0.717) is 0 Å². The first-order valence-corrected chi connectivity index (χ1v) is 7.43. The van der Waals surface area contributed by atoms with Crippen LogP contribution in [0.5, 0.6) is 0 Å². The second-order valence-electron chi connectivity index (χ2n) is 4.85. The number of aryl methyl sites for hydroxylation is 2. The van der Waals surface area contributed by atoms with Crippen LogP contribution in [0.25, 0.3) is 0 Å². The highest BCUT2D eigenvalue weighted by Gasteiger charge is 2.09. The fraction of sp³-hybridized carbons (Fsp3) is 0.250. The first-order chi connectivity index (χ1) is 8.97. The minimum Gasteiger partial charge on any atom is -0.378 e. The summed E-state index contributed by atoms with van der Waals surface area (Å²) in [6.45, 7) is 6.25. The van der Waals surface area contributed by atoms with E-state index in [-0.39, 0.29) is 6.04 Å². The minimum atomic E-state index is 0.240. The van der Waals surface area contributed by atoms with Crippen molar-refractivity contribution in [3.05, 3.63) is 62.6 Å². The molecular formula is C16H17BrClN. The summed E-state index contributed by atoms with van der Waals surface area (Å²) in [6.07, 6.45) is 0. The van der Waals surface area contributed by atoms with E-state index in [1.807, 2.05) is 26.0 Å². The van der Waals surface area contributed by atoms with Crippen molar-refractivity contribution in [3.63, 3.8) is 0 Å². The SMILES string of the molecule is Cc1cc([C@@H](C)Nc2cccc(Br)c2)cc(C)c1Cl. The summed E-state index contributed by atoms with van der Waals surface area (Å²) >= 11 is 9.69. The maximum atomic E-state index is 6.21. The third-order valence-electron chi connectivity index (χ3n) is 3.17. The average Bonchev–Trinajstić information content (AvgIpc) is 2.35. The average molecular weight is 339 g/mol. The number of anilines is 1. The smallest absolute Gasteiger partial charge is 0.0485 e. The van der Waals surface area contributed by atoms with Gasteiger partial charge in [-0.15, -0.1) is 0 Å². The molecule has 100 valence electrons. The van der Waals surface area contributed by atoms with E-state index in [9.17, 15) is 0 Å². The summed E-state index contributed by atoms with van der Waals surface area (Å²) in [6, 6.07) is 12.7. The zero-order chi connectivity index (χ0) is 14.0. The van der Waals surface area contributed by atoms with Gasteiger partial charge in [0.05, 0.1) is 0 Å². The lowest BCUT2D eigenvalue weighted by Gasteiger charge is -2.18. The molecule has 0 aliphatic carbocycles. The summed E-state index contributed by atoms with van der Waals surface area (Å²) in [7, 11) is 0. The van der Waals surface area contributed by atoms with Crippen LogP contribution >= 0.6 is 27.5 Å². The molecule has 0 saturated heterocycles. The maximum Gasteiger partial charge on any atom is 0.0485 e. The Morgan fingerprint density at radius 1 is 1.11 bits per heavy atom. The Labute approximate surface area is 128 Å². The van der Waals surface area contributed by atoms with Gasteiger partial charge in [-0.2, -0.15) is 0 Å². The summed E-state index contributed by atoms with van der Waals surface area (Å²) < 4.78 is 1.08. The van der Waals surface area contributed by atoms with Gasteiger partial charge in [-0.3, -0.25) is 0 Å². The molecule has 0 spiro atoms. The van der Waals surface area contributed by atoms with Crippen molar-refractivity contribution in [2.24, 2.45) is 0 Å². The predicted octanol–water partition coefficient (Wildman–Crippen LogP) is 5.89. The molecule has 19 heavy (non-hydrogen) atoms. The molecule has 2 aromatic rings. The van der Waals surface area contributed by atoms with Crippen LogP contribution in [0, 0.1) is 13.8 Å². The third-order valence-corrected chi connectivity index (χ3v) is 4.26. The van der Waals surface area contributed by atoms with Crippen LogP contribution in [-0.4, -0.2) is 0 Å². The van der Waals surface area contributed by atoms with Crippen molar-refractivity contribution < 1.29 is 0 Å². The number of rotatable bonds is 3. The van der Waals surface area contributed by atoms with Crippen LogP contribution in [0.2, 0.25) is 5.02 Å². The number of hydrogen-bond acceptors (Lipinski definition) is 1. The van der Waals surface area contributed by atoms with Crippen LogP contribution in [0.3, 0.4) is 0 Å². The monoisotopic (exact) mass is 337 g/mol. The Hall–Kier alpha value is -0.990. The third kappa shape index (κ3) is 3.52. The zero-order valence-electron chi connectivity index (χ0n) is 11.3. The highest BCUT2D eigenvalue weighted by Crippen LogP contribution is 2.27. The number of benzene rings is 2. The van der Waals surface area contributed by atoms with Gasteiger partial charge in [0, 0.05) is 21.2 Å². The second-order valence-corrected chi connectivity index (χ2v) is 6.14. The van der Waals surface area contributed by atoms with E-state index in [0.717, 1.165) is 26.3 Å². The van der Waals surface area contributed by atoms with E-state index < -0.39 is 0 Å². The van der Waals surface area contributed by atoms with Crippen molar-refractivity contribution in [1.29, 1.82) is 0 Å². The quantitative estimate of drug-likeness (QED) is 0.735. The first-order valence-electron chi connectivity index (χ1n) is 6.26. The van der Waals surface area contributed by atoms with E-state index in [4.69, 9.17) is 11.6 Å². The molecule has 3 heteroatoms. The van der Waals surface area contributed by atoms with Gasteiger partial charge < -0.3 is 5.32 Å². The molecule has 0 fully saturated rings. The summed E-state index contributed by atoms with van der Waals surface area (Å²) in [5, 5.41) is 4.36. The largest absolute Gasteiger partial charge is 0.378 e. The standard InChI is InChI=1S/C16H17BrClN/c1-10-7-13(8-11(2)16(10)18)12(3)19-15-6-4-5-14(17)9-15/h4-9,12,19H,1-3H3/t12-/m1/s1. The van der Waals surface area contributed by atoms with Gasteiger partial charge in [0.1, 0.15) is 0 Å².